The molecule has 0 fully saturated rings. The largest absolute Gasteiger partial charge is 0.489 e. The van der Waals surface area contributed by atoms with Crippen LogP contribution in [0.5, 0.6) is 5.75 Å². The fraction of sp³-hybridized carbons (Fsp3) is 0.115. The average Bonchev–Trinajstić information content (AvgIpc) is 3.45. The van der Waals surface area contributed by atoms with Crippen LogP contribution >= 0.6 is 11.6 Å². The van der Waals surface area contributed by atoms with E-state index in [1.54, 1.807) is 0 Å². The maximum Gasteiger partial charge on any atom is 0.174 e. The summed E-state index contributed by atoms with van der Waals surface area (Å²) < 4.78 is 12.1. The highest BCUT2D eigenvalue weighted by molar-refractivity contribution is 6.30. The van der Waals surface area contributed by atoms with Crippen molar-refractivity contribution in [2.24, 2.45) is 0 Å². The minimum absolute atomic E-state index is 0.0104. The number of ether oxygens (including phenoxy) is 1. The first-order valence-corrected chi connectivity index (χ1v) is 10.7. The standard InChI is InChI=1S/C26H21ClN2O3/c27-20-7-10-24(31-16-17-4-2-1-3-5-17)19(13-20)14-21-8-11-25(32-21)26-28-22-9-6-18(15-30)12-23(22)29-26/h1-13,30H,14-16H2,(H,28,29). The number of rotatable bonds is 7. The lowest BCUT2D eigenvalue weighted by Gasteiger charge is -2.11. The summed E-state index contributed by atoms with van der Waals surface area (Å²) in [6.45, 7) is 0.469. The Morgan fingerprint density at radius 1 is 0.938 bits per heavy atom. The number of aromatic nitrogens is 2. The molecule has 2 N–H and O–H groups in total. The Hall–Kier alpha value is -3.54. The van der Waals surface area contributed by atoms with Crippen molar-refractivity contribution in [3.05, 3.63) is 106 Å². The number of halogens is 1. The summed E-state index contributed by atoms with van der Waals surface area (Å²) in [5.41, 5.74) is 4.56. The summed E-state index contributed by atoms with van der Waals surface area (Å²) in [7, 11) is 0. The highest BCUT2D eigenvalue weighted by Gasteiger charge is 2.13. The van der Waals surface area contributed by atoms with Crippen LogP contribution in [0.25, 0.3) is 22.6 Å². The molecular formula is C26H21ClN2O3. The fourth-order valence-corrected chi connectivity index (χ4v) is 3.82. The van der Waals surface area contributed by atoms with E-state index < -0.39 is 0 Å². The number of aliphatic hydroxyl groups is 1. The fourth-order valence-electron chi connectivity index (χ4n) is 3.62. The number of imidazole rings is 1. The van der Waals surface area contributed by atoms with E-state index in [2.05, 4.69) is 9.97 Å². The van der Waals surface area contributed by atoms with Crippen molar-refractivity contribution in [1.29, 1.82) is 0 Å². The number of aromatic amines is 1. The summed E-state index contributed by atoms with van der Waals surface area (Å²) in [5, 5.41) is 9.99. The molecule has 2 heterocycles. The third-order valence-electron chi connectivity index (χ3n) is 5.25. The molecule has 0 bridgehead atoms. The van der Waals surface area contributed by atoms with Crippen molar-refractivity contribution in [3.63, 3.8) is 0 Å². The van der Waals surface area contributed by atoms with Gasteiger partial charge >= 0.3 is 0 Å². The Balaban J connectivity index is 1.37. The van der Waals surface area contributed by atoms with E-state index >= 15 is 0 Å². The third-order valence-corrected chi connectivity index (χ3v) is 5.48. The zero-order valence-corrected chi connectivity index (χ0v) is 18.0. The number of hydrogen-bond acceptors (Lipinski definition) is 4. The second kappa shape index (κ2) is 8.91. The molecule has 0 saturated heterocycles. The second-order valence-corrected chi connectivity index (χ2v) is 8.00. The highest BCUT2D eigenvalue weighted by atomic mass is 35.5. The lowest BCUT2D eigenvalue weighted by molar-refractivity contribution is 0.282. The van der Waals surface area contributed by atoms with Crippen molar-refractivity contribution in [3.8, 4) is 17.3 Å². The van der Waals surface area contributed by atoms with Crippen LogP contribution in [0.2, 0.25) is 5.02 Å². The van der Waals surface area contributed by atoms with Crippen LogP contribution in [-0.2, 0) is 19.6 Å². The van der Waals surface area contributed by atoms with Crippen LogP contribution in [0, 0.1) is 0 Å². The Morgan fingerprint density at radius 2 is 1.81 bits per heavy atom. The molecule has 0 spiro atoms. The number of aliphatic hydroxyl groups excluding tert-OH is 1. The molecule has 0 aliphatic heterocycles. The van der Waals surface area contributed by atoms with E-state index in [9.17, 15) is 5.11 Å². The number of benzene rings is 3. The molecule has 0 amide bonds. The zero-order chi connectivity index (χ0) is 21.9. The van der Waals surface area contributed by atoms with Crippen molar-refractivity contribution in [2.45, 2.75) is 19.6 Å². The van der Waals surface area contributed by atoms with Gasteiger partial charge in [0.2, 0.25) is 0 Å². The third kappa shape index (κ3) is 4.40. The lowest BCUT2D eigenvalue weighted by atomic mass is 10.1. The minimum atomic E-state index is -0.0104. The van der Waals surface area contributed by atoms with Gasteiger partial charge in [0, 0.05) is 17.0 Å². The van der Waals surface area contributed by atoms with Gasteiger partial charge in [-0.15, -0.1) is 0 Å². The molecule has 0 saturated carbocycles. The van der Waals surface area contributed by atoms with Crippen LogP contribution in [0.1, 0.15) is 22.5 Å². The number of nitrogens with zero attached hydrogens (tertiary/aromatic N) is 1. The van der Waals surface area contributed by atoms with Crippen LogP contribution in [0.4, 0.5) is 0 Å². The van der Waals surface area contributed by atoms with E-state index in [1.807, 2.05) is 78.9 Å². The quantitative estimate of drug-likeness (QED) is 0.316. The van der Waals surface area contributed by atoms with Crippen LogP contribution in [0.3, 0.4) is 0 Å². The molecular weight excluding hydrogens is 424 g/mol. The maximum atomic E-state index is 9.34. The van der Waals surface area contributed by atoms with Gasteiger partial charge in [-0.1, -0.05) is 48.0 Å². The minimum Gasteiger partial charge on any atom is -0.489 e. The van der Waals surface area contributed by atoms with Gasteiger partial charge in [-0.3, -0.25) is 0 Å². The molecule has 6 heteroatoms. The van der Waals surface area contributed by atoms with Gasteiger partial charge in [0.25, 0.3) is 0 Å². The Morgan fingerprint density at radius 3 is 2.66 bits per heavy atom. The van der Waals surface area contributed by atoms with E-state index in [-0.39, 0.29) is 6.61 Å². The molecule has 5 aromatic rings. The predicted octanol–water partition coefficient (Wildman–Crippen LogP) is 6.14. The van der Waals surface area contributed by atoms with Crippen LogP contribution < -0.4 is 4.74 Å². The topological polar surface area (TPSA) is 71.3 Å². The molecule has 5 nitrogen and oxygen atoms in total. The molecule has 0 aliphatic carbocycles. The van der Waals surface area contributed by atoms with Gasteiger partial charge in [-0.2, -0.15) is 0 Å². The Kier molecular flexibility index (Phi) is 5.67. The lowest BCUT2D eigenvalue weighted by Crippen LogP contribution is -1.99. The normalized spacial score (nSPS) is 11.2. The van der Waals surface area contributed by atoms with E-state index in [1.165, 1.54) is 0 Å². The summed E-state index contributed by atoms with van der Waals surface area (Å²) in [4.78, 5) is 7.86. The molecule has 5 rings (SSSR count). The smallest absolute Gasteiger partial charge is 0.174 e. The number of H-pyrrole nitrogens is 1. The number of furan rings is 1. The predicted molar refractivity (Wildman–Crippen MR) is 125 cm³/mol. The van der Waals surface area contributed by atoms with Gasteiger partial charge in [-0.05, 0) is 53.6 Å². The zero-order valence-electron chi connectivity index (χ0n) is 17.2. The maximum absolute atomic E-state index is 9.34. The number of hydrogen-bond donors (Lipinski definition) is 2. The summed E-state index contributed by atoms with van der Waals surface area (Å²) in [6, 6.07) is 25.1. The van der Waals surface area contributed by atoms with Gasteiger partial charge in [0.1, 0.15) is 18.1 Å². The van der Waals surface area contributed by atoms with Crippen molar-refractivity contribution >= 4 is 22.6 Å². The van der Waals surface area contributed by atoms with E-state index in [0.717, 1.165) is 39.2 Å². The summed E-state index contributed by atoms with van der Waals surface area (Å²) in [6.07, 6.45) is 0.541. The van der Waals surface area contributed by atoms with Gasteiger partial charge in [-0.25, -0.2) is 4.98 Å². The summed E-state index contributed by atoms with van der Waals surface area (Å²) >= 11 is 6.25. The summed E-state index contributed by atoms with van der Waals surface area (Å²) in [5.74, 6) is 2.85. The first-order valence-electron chi connectivity index (χ1n) is 10.3. The molecule has 0 aliphatic rings. The van der Waals surface area contributed by atoms with Crippen LogP contribution in [0.15, 0.2) is 83.3 Å². The second-order valence-electron chi connectivity index (χ2n) is 7.56. The Labute approximate surface area is 190 Å². The molecule has 0 radical (unpaired) electrons. The SMILES string of the molecule is OCc1ccc2nc(-c3ccc(Cc4cc(Cl)ccc4OCc4ccccc4)o3)[nH]c2c1. The molecule has 160 valence electrons. The van der Waals surface area contributed by atoms with Crippen molar-refractivity contribution in [1.82, 2.24) is 9.97 Å². The highest BCUT2D eigenvalue weighted by Crippen LogP contribution is 2.29. The van der Waals surface area contributed by atoms with Gasteiger partial charge in [0.15, 0.2) is 11.6 Å². The molecule has 2 aromatic heterocycles. The van der Waals surface area contributed by atoms with Crippen molar-refractivity contribution in [2.75, 3.05) is 0 Å². The van der Waals surface area contributed by atoms with Gasteiger partial charge in [0.05, 0.1) is 17.6 Å². The van der Waals surface area contributed by atoms with Gasteiger partial charge < -0.3 is 19.2 Å². The monoisotopic (exact) mass is 444 g/mol. The van der Waals surface area contributed by atoms with Crippen molar-refractivity contribution < 1.29 is 14.3 Å². The molecule has 3 aromatic carbocycles. The van der Waals surface area contributed by atoms with Crippen LogP contribution in [-0.4, -0.2) is 15.1 Å². The van der Waals surface area contributed by atoms with E-state index in [0.29, 0.717) is 29.6 Å². The Bertz CT molecular complexity index is 1360. The first kappa shape index (κ1) is 20.4. The molecule has 0 unspecified atom stereocenters. The number of fused-ring (bicyclic) bond motifs is 1. The molecule has 0 atom stereocenters. The first-order chi connectivity index (χ1) is 15.7. The average molecular weight is 445 g/mol. The molecule has 32 heavy (non-hydrogen) atoms. The van der Waals surface area contributed by atoms with E-state index in [4.69, 9.17) is 20.8 Å². The number of nitrogens with one attached hydrogen (secondary N) is 1.